The van der Waals surface area contributed by atoms with Crippen molar-refractivity contribution in [1.82, 2.24) is 5.32 Å². The predicted octanol–water partition coefficient (Wildman–Crippen LogP) is 2.78. The van der Waals surface area contributed by atoms with Crippen molar-refractivity contribution in [2.24, 2.45) is 0 Å². The molecule has 1 fully saturated rings. The number of nitrogens with zero attached hydrogens (tertiary/aromatic N) is 1. The van der Waals surface area contributed by atoms with Gasteiger partial charge in [0.25, 0.3) is 0 Å². The van der Waals surface area contributed by atoms with Gasteiger partial charge in [0, 0.05) is 13.5 Å². The zero-order valence-electron chi connectivity index (χ0n) is 11.1. The fraction of sp³-hybridized carbons (Fsp3) is 0.375. The minimum Gasteiger partial charge on any atom is -0.356 e. The van der Waals surface area contributed by atoms with E-state index < -0.39 is 0 Å². The molecule has 98 valence electrons. The number of benzene rings is 1. The zero-order valence-corrected chi connectivity index (χ0v) is 11.1. The fourth-order valence-electron chi connectivity index (χ4n) is 2.08. The van der Waals surface area contributed by atoms with E-state index in [0.29, 0.717) is 6.54 Å². The lowest BCUT2D eigenvalue weighted by Gasteiger charge is -2.06. The Balaban J connectivity index is 1.95. The van der Waals surface area contributed by atoms with Crippen molar-refractivity contribution in [3.8, 4) is 6.07 Å². The summed E-state index contributed by atoms with van der Waals surface area (Å²) in [7, 11) is 0. The average Bonchev–Trinajstić information content (AvgIpc) is 3.19. The molecule has 0 atom stereocenters. The molecular formula is C16H18N2O. The quantitative estimate of drug-likeness (QED) is 0.821. The number of carbonyl (C=O) groups is 1. The Bertz CT molecular complexity index is 536. The van der Waals surface area contributed by atoms with Gasteiger partial charge >= 0.3 is 0 Å². The summed E-state index contributed by atoms with van der Waals surface area (Å²) >= 11 is 0. The first-order valence-corrected chi connectivity index (χ1v) is 6.59. The van der Waals surface area contributed by atoms with E-state index in [1.807, 2.05) is 30.4 Å². The smallest absolute Gasteiger partial charge is 0.216 e. The summed E-state index contributed by atoms with van der Waals surface area (Å²) in [6, 6.07) is 10.6. The summed E-state index contributed by atoms with van der Waals surface area (Å²) < 4.78 is 0. The Morgan fingerprint density at radius 1 is 1.53 bits per heavy atom. The van der Waals surface area contributed by atoms with Crippen molar-refractivity contribution in [3.05, 3.63) is 41.5 Å². The Morgan fingerprint density at radius 2 is 2.32 bits per heavy atom. The number of amides is 1. The molecule has 3 heteroatoms. The topological polar surface area (TPSA) is 52.9 Å². The molecule has 0 spiro atoms. The summed E-state index contributed by atoms with van der Waals surface area (Å²) in [6.07, 6.45) is 6.84. The normalized spacial score (nSPS) is 16.0. The van der Waals surface area contributed by atoms with Crippen LogP contribution in [0.25, 0.3) is 6.08 Å². The fourth-order valence-corrected chi connectivity index (χ4v) is 2.08. The molecule has 0 bridgehead atoms. The molecule has 1 aliphatic rings. The molecule has 0 radical (unpaired) electrons. The van der Waals surface area contributed by atoms with Crippen LogP contribution in [-0.4, -0.2) is 12.5 Å². The number of carbonyl (C=O) groups excluding carboxylic acids is 1. The molecule has 0 aromatic heterocycles. The Labute approximate surface area is 113 Å². The van der Waals surface area contributed by atoms with Gasteiger partial charge in [-0.15, -0.1) is 0 Å². The van der Waals surface area contributed by atoms with Gasteiger partial charge in [-0.1, -0.05) is 36.4 Å². The number of rotatable bonds is 5. The van der Waals surface area contributed by atoms with Crippen molar-refractivity contribution < 1.29 is 4.79 Å². The van der Waals surface area contributed by atoms with Gasteiger partial charge in [0.05, 0.1) is 11.5 Å². The highest BCUT2D eigenvalue weighted by molar-refractivity contribution is 5.72. The summed E-state index contributed by atoms with van der Waals surface area (Å²) in [4.78, 5) is 10.7. The van der Waals surface area contributed by atoms with Gasteiger partial charge in [-0.3, -0.25) is 4.79 Å². The van der Waals surface area contributed by atoms with Crippen LogP contribution in [0.4, 0.5) is 0 Å². The third-order valence-corrected chi connectivity index (χ3v) is 3.40. The molecule has 1 aliphatic carbocycles. The molecule has 19 heavy (non-hydrogen) atoms. The van der Waals surface area contributed by atoms with Crippen molar-refractivity contribution >= 4 is 12.0 Å². The number of hydrogen-bond donors (Lipinski definition) is 1. The third kappa shape index (κ3) is 3.45. The summed E-state index contributed by atoms with van der Waals surface area (Å²) in [6.45, 7) is 2.18. The van der Waals surface area contributed by atoms with Gasteiger partial charge in [0.2, 0.25) is 5.91 Å². The van der Waals surface area contributed by atoms with E-state index in [1.54, 1.807) is 0 Å². The van der Waals surface area contributed by atoms with Gasteiger partial charge in [-0.2, -0.15) is 5.26 Å². The maximum Gasteiger partial charge on any atom is 0.216 e. The van der Waals surface area contributed by atoms with Crippen LogP contribution >= 0.6 is 0 Å². The van der Waals surface area contributed by atoms with Crippen LogP contribution in [0.15, 0.2) is 30.3 Å². The van der Waals surface area contributed by atoms with E-state index in [9.17, 15) is 10.1 Å². The average molecular weight is 254 g/mol. The molecule has 0 unspecified atom stereocenters. The van der Waals surface area contributed by atoms with Crippen LogP contribution in [0.5, 0.6) is 0 Å². The lowest BCUT2D eigenvalue weighted by Crippen LogP contribution is -2.20. The highest BCUT2D eigenvalue weighted by Gasteiger charge is 2.44. The van der Waals surface area contributed by atoms with Crippen LogP contribution in [0.3, 0.4) is 0 Å². The summed E-state index contributed by atoms with van der Waals surface area (Å²) in [5.74, 6) is 0.0000859. The van der Waals surface area contributed by atoms with E-state index in [4.69, 9.17) is 0 Å². The second-order valence-corrected chi connectivity index (χ2v) is 4.99. The Kier molecular flexibility index (Phi) is 4.01. The van der Waals surface area contributed by atoms with E-state index in [-0.39, 0.29) is 11.3 Å². The van der Waals surface area contributed by atoms with Crippen LogP contribution < -0.4 is 5.32 Å². The van der Waals surface area contributed by atoms with Gasteiger partial charge in [-0.05, 0) is 30.4 Å². The van der Waals surface area contributed by atoms with Gasteiger partial charge in [-0.25, -0.2) is 0 Å². The summed E-state index contributed by atoms with van der Waals surface area (Å²) in [5.41, 5.74) is 2.01. The third-order valence-electron chi connectivity index (χ3n) is 3.40. The standard InChI is InChI=1S/C16H18N2O/c1-13(19)18-10-3-2-5-14-6-4-7-15(11-14)16(12-17)8-9-16/h2,4-7,11H,3,8-10H2,1H3,(H,18,19). The maximum absolute atomic E-state index is 10.7. The zero-order chi connectivity index (χ0) is 13.7. The van der Waals surface area contributed by atoms with Crippen molar-refractivity contribution in [2.45, 2.75) is 31.6 Å². The van der Waals surface area contributed by atoms with E-state index in [2.05, 4.69) is 17.5 Å². The predicted molar refractivity (Wildman–Crippen MR) is 75.3 cm³/mol. The van der Waals surface area contributed by atoms with Gasteiger partial charge in [0.1, 0.15) is 0 Å². The number of nitrogens with one attached hydrogen (secondary N) is 1. The maximum atomic E-state index is 10.7. The van der Waals surface area contributed by atoms with E-state index in [0.717, 1.165) is 30.4 Å². The molecule has 2 rings (SSSR count). The second-order valence-electron chi connectivity index (χ2n) is 4.99. The molecule has 1 amide bonds. The van der Waals surface area contributed by atoms with Gasteiger partial charge < -0.3 is 5.32 Å². The first-order chi connectivity index (χ1) is 9.16. The van der Waals surface area contributed by atoms with Crippen LogP contribution in [-0.2, 0) is 10.2 Å². The Hall–Kier alpha value is -2.08. The highest BCUT2D eigenvalue weighted by Crippen LogP contribution is 2.47. The first kappa shape index (κ1) is 13.4. The molecule has 3 nitrogen and oxygen atoms in total. The SMILES string of the molecule is CC(=O)NCCC=Cc1cccc(C2(C#N)CC2)c1. The van der Waals surface area contributed by atoms with Crippen LogP contribution in [0, 0.1) is 11.3 Å². The number of hydrogen-bond acceptors (Lipinski definition) is 2. The minimum atomic E-state index is -0.222. The first-order valence-electron chi connectivity index (χ1n) is 6.59. The Morgan fingerprint density at radius 3 is 2.95 bits per heavy atom. The monoisotopic (exact) mass is 254 g/mol. The minimum absolute atomic E-state index is 0.0000859. The molecule has 1 saturated carbocycles. The summed E-state index contributed by atoms with van der Waals surface area (Å²) in [5, 5.41) is 11.9. The number of nitriles is 1. The van der Waals surface area contributed by atoms with E-state index >= 15 is 0 Å². The van der Waals surface area contributed by atoms with Crippen molar-refractivity contribution in [3.63, 3.8) is 0 Å². The van der Waals surface area contributed by atoms with Crippen molar-refractivity contribution in [1.29, 1.82) is 5.26 Å². The van der Waals surface area contributed by atoms with Crippen LogP contribution in [0.1, 0.15) is 37.3 Å². The van der Waals surface area contributed by atoms with E-state index in [1.165, 1.54) is 6.92 Å². The lowest BCUT2D eigenvalue weighted by atomic mass is 9.96. The molecule has 0 heterocycles. The van der Waals surface area contributed by atoms with Crippen molar-refractivity contribution in [2.75, 3.05) is 6.54 Å². The molecule has 0 saturated heterocycles. The molecule has 1 aromatic rings. The van der Waals surface area contributed by atoms with Crippen LogP contribution in [0.2, 0.25) is 0 Å². The highest BCUT2D eigenvalue weighted by atomic mass is 16.1. The molecule has 1 N–H and O–H groups in total. The largest absolute Gasteiger partial charge is 0.356 e. The van der Waals surface area contributed by atoms with Gasteiger partial charge in [0.15, 0.2) is 0 Å². The molecular weight excluding hydrogens is 236 g/mol. The molecule has 0 aliphatic heterocycles. The second kappa shape index (κ2) is 5.71. The molecule has 1 aromatic carbocycles. The lowest BCUT2D eigenvalue weighted by molar-refractivity contribution is -0.118.